The fourth-order valence-corrected chi connectivity index (χ4v) is 2.16. The van der Waals surface area contributed by atoms with Crippen molar-refractivity contribution < 1.29 is 14.6 Å². The molecule has 0 amide bonds. The van der Waals surface area contributed by atoms with E-state index < -0.39 is 5.97 Å². The Hall–Kier alpha value is -1.81. The van der Waals surface area contributed by atoms with E-state index >= 15 is 0 Å². The number of aryl methyl sites for hydroxylation is 2. The van der Waals surface area contributed by atoms with Crippen molar-refractivity contribution in [3.05, 3.63) is 57.6 Å². The second-order valence-corrected chi connectivity index (χ2v) is 5.27. The van der Waals surface area contributed by atoms with Crippen LogP contribution in [0.3, 0.4) is 0 Å². The smallest absolute Gasteiger partial charge is 0.335 e. The van der Waals surface area contributed by atoms with Crippen LogP contribution < -0.4 is 4.74 Å². The maximum absolute atomic E-state index is 11.0. The van der Waals surface area contributed by atoms with Gasteiger partial charge >= 0.3 is 5.97 Å². The zero-order valence-electron chi connectivity index (χ0n) is 10.6. The summed E-state index contributed by atoms with van der Waals surface area (Å²) in [5.41, 5.74) is 2.28. The summed E-state index contributed by atoms with van der Waals surface area (Å²) < 4.78 is 6.44. The third-order valence-corrected chi connectivity index (χ3v) is 3.15. The molecule has 3 nitrogen and oxygen atoms in total. The Morgan fingerprint density at radius 1 is 1.16 bits per heavy atom. The first kappa shape index (κ1) is 13.6. The summed E-state index contributed by atoms with van der Waals surface area (Å²) in [6.07, 6.45) is 0. The lowest BCUT2D eigenvalue weighted by atomic mass is 10.1. The molecule has 0 bridgehead atoms. The average Bonchev–Trinajstić information content (AvgIpc) is 2.33. The molecule has 0 aromatic heterocycles. The molecule has 1 N–H and O–H groups in total. The minimum absolute atomic E-state index is 0.190. The lowest BCUT2D eigenvalue weighted by Crippen LogP contribution is -1.97. The molecule has 0 spiro atoms. The van der Waals surface area contributed by atoms with Gasteiger partial charge in [0, 0.05) is 4.47 Å². The van der Waals surface area contributed by atoms with E-state index in [9.17, 15) is 4.79 Å². The Morgan fingerprint density at radius 3 is 2.58 bits per heavy atom. The molecular weight excluding hydrogens is 308 g/mol. The maximum atomic E-state index is 11.0. The molecule has 0 aliphatic carbocycles. The van der Waals surface area contributed by atoms with Crippen molar-refractivity contribution in [1.29, 1.82) is 0 Å². The number of halogens is 1. The molecule has 19 heavy (non-hydrogen) atoms. The predicted octanol–water partition coefficient (Wildman–Crippen LogP) is 4.56. The molecule has 4 heteroatoms. The first-order valence-corrected chi connectivity index (χ1v) is 6.54. The molecule has 0 saturated carbocycles. The number of carboxylic acids is 1. The number of rotatable bonds is 3. The minimum atomic E-state index is -0.980. The standard InChI is InChI=1S/C15H13BrO3/c1-9-3-4-10(2)14(5-9)19-13-7-11(15(17)18)6-12(16)8-13/h3-8H,1-2H3,(H,17,18). The summed E-state index contributed by atoms with van der Waals surface area (Å²) in [7, 11) is 0. The van der Waals surface area contributed by atoms with Crippen molar-refractivity contribution in [2.24, 2.45) is 0 Å². The van der Waals surface area contributed by atoms with Crippen molar-refractivity contribution in [2.45, 2.75) is 13.8 Å². The maximum Gasteiger partial charge on any atom is 0.335 e. The predicted molar refractivity (Wildman–Crippen MR) is 77.1 cm³/mol. The first-order chi connectivity index (χ1) is 8.95. The van der Waals surface area contributed by atoms with Gasteiger partial charge in [0.15, 0.2) is 0 Å². The number of carboxylic acid groups (broad SMARTS) is 1. The van der Waals surface area contributed by atoms with Gasteiger partial charge in [-0.2, -0.15) is 0 Å². The third kappa shape index (κ3) is 3.35. The van der Waals surface area contributed by atoms with Crippen LogP contribution >= 0.6 is 15.9 Å². The van der Waals surface area contributed by atoms with E-state index in [1.54, 1.807) is 6.07 Å². The molecule has 0 fully saturated rings. The van der Waals surface area contributed by atoms with E-state index in [-0.39, 0.29) is 5.56 Å². The fourth-order valence-electron chi connectivity index (χ4n) is 1.69. The summed E-state index contributed by atoms with van der Waals surface area (Å²) >= 11 is 3.28. The van der Waals surface area contributed by atoms with Crippen LogP contribution in [0.5, 0.6) is 11.5 Å². The Labute approximate surface area is 120 Å². The Morgan fingerprint density at radius 2 is 1.89 bits per heavy atom. The van der Waals surface area contributed by atoms with Crippen molar-refractivity contribution in [2.75, 3.05) is 0 Å². The van der Waals surface area contributed by atoms with Gasteiger partial charge in [-0.3, -0.25) is 0 Å². The van der Waals surface area contributed by atoms with E-state index in [2.05, 4.69) is 15.9 Å². The van der Waals surface area contributed by atoms with E-state index in [1.807, 2.05) is 32.0 Å². The normalized spacial score (nSPS) is 10.3. The van der Waals surface area contributed by atoms with E-state index in [0.29, 0.717) is 10.2 Å². The Kier molecular flexibility index (Phi) is 3.90. The fraction of sp³-hybridized carbons (Fsp3) is 0.133. The summed E-state index contributed by atoms with van der Waals surface area (Å²) in [4.78, 5) is 11.0. The van der Waals surface area contributed by atoms with Crippen LogP contribution in [-0.4, -0.2) is 11.1 Å². The van der Waals surface area contributed by atoms with Crippen LogP contribution in [0, 0.1) is 13.8 Å². The summed E-state index contributed by atoms with van der Waals surface area (Å²) in [6.45, 7) is 3.93. The monoisotopic (exact) mass is 320 g/mol. The largest absolute Gasteiger partial charge is 0.478 e. The van der Waals surface area contributed by atoms with Crippen molar-refractivity contribution in [3.8, 4) is 11.5 Å². The highest BCUT2D eigenvalue weighted by molar-refractivity contribution is 9.10. The van der Waals surface area contributed by atoms with Gasteiger partial charge in [-0.05, 0) is 49.2 Å². The topological polar surface area (TPSA) is 46.5 Å². The molecular formula is C15H13BrO3. The number of hydrogen-bond donors (Lipinski definition) is 1. The SMILES string of the molecule is Cc1ccc(C)c(Oc2cc(Br)cc(C(=O)O)c2)c1. The highest BCUT2D eigenvalue weighted by Gasteiger charge is 2.08. The van der Waals surface area contributed by atoms with E-state index in [1.165, 1.54) is 12.1 Å². The van der Waals surface area contributed by atoms with Gasteiger partial charge in [-0.1, -0.05) is 28.1 Å². The molecule has 0 unspecified atom stereocenters. The van der Waals surface area contributed by atoms with Crippen LogP contribution in [0.15, 0.2) is 40.9 Å². The van der Waals surface area contributed by atoms with E-state index in [4.69, 9.17) is 9.84 Å². The highest BCUT2D eigenvalue weighted by atomic mass is 79.9. The molecule has 0 heterocycles. The summed E-state index contributed by atoms with van der Waals surface area (Å²) in [5, 5.41) is 9.02. The first-order valence-electron chi connectivity index (χ1n) is 5.75. The second-order valence-electron chi connectivity index (χ2n) is 4.35. The van der Waals surface area contributed by atoms with Crippen LogP contribution in [0.1, 0.15) is 21.5 Å². The number of ether oxygens (including phenoxy) is 1. The summed E-state index contributed by atoms with van der Waals surface area (Å²) in [5.74, 6) is 0.252. The van der Waals surface area contributed by atoms with Gasteiger partial charge in [0.05, 0.1) is 5.56 Å². The third-order valence-electron chi connectivity index (χ3n) is 2.69. The van der Waals surface area contributed by atoms with E-state index in [0.717, 1.165) is 16.9 Å². The molecule has 2 aromatic rings. The second kappa shape index (κ2) is 5.45. The molecule has 0 atom stereocenters. The van der Waals surface area contributed by atoms with Gasteiger partial charge < -0.3 is 9.84 Å². The average molecular weight is 321 g/mol. The number of carbonyl (C=O) groups is 1. The van der Waals surface area contributed by atoms with Gasteiger partial charge in [0.1, 0.15) is 11.5 Å². The number of aromatic carboxylic acids is 1. The number of benzene rings is 2. The van der Waals surface area contributed by atoms with Crippen LogP contribution in [0.4, 0.5) is 0 Å². The molecule has 2 aromatic carbocycles. The van der Waals surface area contributed by atoms with Crippen LogP contribution in [-0.2, 0) is 0 Å². The van der Waals surface area contributed by atoms with Crippen molar-refractivity contribution in [3.63, 3.8) is 0 Å². The molecule has 0 saturated heterocycles. The molecule has 0 radical (unpaired) electrons. The zero-order valence-corrected chi connectivity index (χ0v) is 12.2. The van der Waals surface area contributed by atoms with Gasteiger partial charge in [0.25, 0.3) is 0 Å². The summed E-state index contributed by atoms with van der Waals surface area (Å²) in [6, 6.07) is 10.7. The quantitative estimate of drug-likeness (QED) is 0.902. The molecule has 0 aliphatic heterocycles. The van der Waals surface area contributed by atoms with Crippen molar-refractivity contribution >= 4 is 21.9 Å². The van der Waals surface area contributed by atoms with Gasteiger partial charge in [0.2, 0.25) is 0 Å². The van der Waals surface area contributed by atoms with Gasteiger partial charge in [-0.15, -0.1) is 0 Å². The molecule has 2 rings (SSSR count). The molecule has 0 aliphatic rings. The Balaban J connectivity index is 2.38. The van der Waals surface area contributed by atoms with Gasteiger partial charge in [-0.25, -0.2) is 4.79 Å². The Bertz CT molecular complexity index is 635. The number of hydrogen-bond acceptors (Lipinski definition) is 2. The highest BCUT2D eigenvalue weighted by Crippen LogP contribution is 2.29. The van der Waals surface area contributed by atoms with Crippen LogP contribution in [0.25, 0.3) is 0 Å². The zero-order chi connectivity index (χ0) is 14.0. The minimum Gasteiger partial charge on any atom is -0.478 e. The van der Waals surface area contributed by atoms with Crippen molar-refractivity contribution in [1.82, 2.24) is 0 Å². The van der Waals surface area contributed by atoms with Crippen LogP contribution in [0.2, 0.25) is 0 Å². The molecule has 98 valence electrons. The lowest BCUT2D eigenvalue weighted by Gasteiger charge is -2.10. The lowest BCUT2D eigenvalue weighted by molar-refractivity contribution is 0.0696.